The van der Waals surface area contributed by atoms with E-state index in [1.807, 2.05) is 24.3 Å². The van der Waals surface area contributed by atoms with Crippen LogP contribution in [0.15, 0.2) is 47.5 Å². The molecule has 1 aromatic heterocycles. The van der Waals surface area contributed by atoms with E-state index < -0.39 is 0 Å². The summed E-state index contributed by atoms with van der Waals surface area (Å²) < 4.78 is 0. The first-order valence-electron chi connectivity index (χ1n) is 6.57. The van der Waals surface area contributed by atoms with Gasteiger partial charge in [-0.15, -0.1) is 11.8 Å². The highest BCUT2D eigenvalue weighted by molar-refractivity contribution is 8.00. The van der Waals surface area contributed by atoms with Crippen molar-refractivity contribution in [3.8, 4) is 0 Å². The van der Waals surface area contributed by atoms with E-state index in [4.69, 9.17) is 11.6 Å². The monoisotopic (exact) mass is 333 g/mol. The quantitative estimate of drug-likeness (QED) is 0.938. The van der Waals surface area contributed by atoms with Crippen LogP contribution in [0.3, 0.4) is 0 Å². The Labute approximate surface area is 136 Å². The molecule has 2 heterocycles. The molecule has 22 heavy (non-hydrogen) atoms. The fraction of sp³-hybridized carbons (Fsp3) is 0.133. The van der Waals surface area contributed by atoms with Crippen molar-refractivity contribution in [1.82, 2.24) is 4.98 Å². The maximum absolute atomic E-state index is 12.1. The van der Waals surface area contributed by atoms with Crippen molar-refractivity contribution >= 4 is 46.7 Å². The molecule has 5 nitrogen and oxygen atoms in total. The van der Waals surface area contributed by atoms with Gasteiger partial charge in [0.2, 0.25) is 11.8 Å². The fourth-order valence-corrected chi connectivity index (χ4v) is 3.15. The molecule has 1 aliphatic rings. The third-order valence-electron chi connectivity index (χ3n) is 3.10. The normalized spacial score (nSPS) is 13.7. The molecule has 0 unspecified atom stereocenters. The number of hydrogen-bond donors (Lipinski definition) is 1. The third-order valence-corrected chi connectivity index (χ3v) is 4.38. The van der Waals surface area contributed by atoms with Crippen LogP contribution in [0.5, 0.6) is 0 Å². The van der Waals surface area contributed by atoms with Gasteiger partial charge in [-0.1, -0.05) is 23.7 Å². The minimum atomic E-state index is -0.301. The lowest BCUT2D eigenvalue weighted by Gasteiger charge is -2.28. The van der Waals surface area contributed by atoms with Gasteiger partial charge in [0.1, 0.15) is 12.4 Å². The number of nitrogens with zero attached hydrogens (tertiary/aromatic N) is 2. The van der Waals surface area contributed by atoms with Crippen molar-refractivity contribution < 1.29 is 9.59 Å². The predicted molar refractivity (Wildman–Crippen MR) is 87.4 cm³/mol. The SMILES string of the molecule is O=C(CN1C(=O)CSc2ccccc21)Nc1ccc(Cl)cn1. The molecule has 0 fully saturated rings. The molecule has 1 aliphatic heterocycles. The standard InChI is InChI=1S/C15H12ClN3O2S/c16-10-5-6-13(17-7-10)18-14(20)8-19-11-3-1-2-4-12(11)22-9-15(19)21/h1-7H,8-9H2,(H,17,18,20). The Morgan fingerprint density at radius 2 is 2.14 bits per heavy atom. The number of para-hydroxylation sites is 1. The van der Waals surface area contributed by atoms with Crippen LogP contribution in [0.4, 0.5) is 11.5 Å². The highest BCUT2D eigenvalue weighted by Gasteiger charge is 2.26. The van der Waals surface area contributed by atoms with Crippen LogP contribution in [0.25, 0.3) is 0 Å². The van der Waals surface area contributed by atoms with Gasteiger partial charge in [-0.3, -0.25) is 9.59 Å². The molecule has 3 rings (SSSR count). The van der Waals surface area contributed by atoms with Crippen molar-refractivity contribution in [3.05, 3.63) is 47.6 Å². The van der Waals surface area contributed by atoms with Gasteiger partial charge < -0.3 is 10.2 Å². The second kappa shape index (κ2) is 6.37. The molecule has 0 aliphatic carbocycles. The summed E-state index contributed by atoms with van der Waals surface area (Å²) in [5, 5.41) is 3.15. The van der Waals surface area contributed by atoms with E-state index in [1.165, 1.54) is 22.9 Å². The van der Waals surface area contributed by atoms with Crippen LogP contribution in [0, 0.1) is 0 Å². The average Bonchev–Trinajstić information content (AvgIpc) is 2.52. The number of carbonyl (C=O) groups excluding carboxylic acids is 2. The number of benzene rings is 1. The van der Waals surface area contributed by atoms with Crippen molar-refractivity contribution in [2.45, 2.75) is 4.90 Å². The highest BCUT2D eigenvalue weighted by Crippen LogP contribution is 2.34. The molecule has 0 saturated carbocycles. The van der Waals surface area contributed by atoms with Gasteiger partial charge in [0.15, 0.2) is 0 Å². The zero-order valence-electron chi connectivity index (χ0n) is 11.5. The topological polar surface area (TPSA) is 62.3 Å². The van der Waals surface area contributed by atoms with Crippen LogP contribution in [-0.2, 0) is 9.59 Å². The number of rotatable bonds is 3. The molecule has 1 N–H and O–H groups in total. The zero-order valence-corrected chi connectivity index (χ0v) is 13.0. The average molecular weight is 334 g/mol. The predicted octanol–water partition coefficient (Wildman–Crippen LogP) is 2.81. The van der Waals surface area contributed by atoms with Gasteiger partial charge in [0, 0.05) is 11.1 Å². The summed E-state index contributed by atoms with van der Waals surface area (Å²) in [5.74, 6) is 0.359. The second-order valence-electron chi connectivity index (χ2n) is 4.65. The lowest BCUT2D eigenvalue weighted by Crippen LogP contribution is -2.41. The number of aromatic nitrogens is 1. The summed E-state index contributed by atoms with van der Waals surface area (Å²) >= 11 is 7.23. The van der Waals surface area contributed by atoms with E-state index in [1.54, 1.807) is 12.1 Å². The van der Waals surface area contributed by atoms with E-state index >= 15 is 0 Å². The van der Waals surface area contributed by atoms with Crippen LogP contribution >= 0.6 is 23.4 Å². The van der Waals surface area contributed by atoms with Gasteiger partial charge in [0.05, 0.1) is 16.5 Å². The van der Waals surface area contributed by atoms with Gasteiger partial charge >= 0.3 is 0 Å². The van der Waals surface area contributed by atoms with Gasteiger partial charge in [-0.05, 0) is 24.3 Å². The lowest BCUT2D eigenvalue weighted by atomic mass is 10.2. The maximum atomic E-state index is 12.1. The minimum Gasteiger partial charge on any atom is -0.309 e. The summed E-state index contributed by atoms with van der Waals surface area (Å²) in [6, 6.07) is 10.8. The molecule has 1 aromatic carbocycles. The summed E-state index contributed by atoms with van der Waals surface area (Å²) in [6.07, 6.45) is 1.45. The number of fused-ring (bicyclic) bond motifs is 1. The number of halogens is 1. The van der Waals surface area contributed by atoms with Gasteiger partial charge in [0.25, 0.3) is 0 Å². The molecular weight excluding hydrogens is 322 g/mol. The highest BCUT2D eigenvalue weighted by atomic mass is 35.5. The summed E-state index contributed by atoms with van der Waals surface area (Å²) in [7, 11) is 0. The molecule has 2 aromatic rings. The van der Waals surface area contributed by atoms with Crippen molar-refractivity contribution in [1.29, 1.82) is 0 Å². The Morgan fingerprint density at radius 3 is 2.91 bits per heavy atom. The van der Waals surface area contributed by atoms with Crippen molar-refractivity contribution in [2.75, 3.05) is 22.5 Å². The summed E-state index contributed by atoms with van der Waals surface area (Å²) in [4.78, 5) is 30.7. The molecule has 0 bridgehead atoms. The summed E-state index contributed by atoms with van der Waals surface area (Å²) in [5.41, 5.74) is 0.767. The van der Waals surface area contributed by atoms with E-state index in [0.29, 0.717) is 16.6 Å². The fourth-order valence-electron chi connectivity index (χ4n) is 2.10. The molecule has 0 saturated heterocycles. The first kappa shape index (κ1) is 14.9. The van der Waals surface area contributed by atoms with Gasteiger partial charge in [-0.2, -0.15) is 0 Å². The second-order valence-corrected chi connectivity index (χ2v) is 6.10. The molecule has 2 amide bonds. The Balaban J connectivity index is 1.73. The Hall–Kier alpha value is -2.05. The number of pyridine rings is 1. The van der Waals surface area contributed by atoms with Crippen LogP contribution in [0.1, 0.15) is 0 Å². The first-order chi connectivity index (χ1) is 10.6. The van der Waals surface area contributed by atoms with E-state index in [2.05, 4.69) is 10.3 Å². The van der Waals surface area contributed by atoms with Crippen molar-refractivity contribution in [2.24, 2.45) is 0 Å². The molecule has 0 radical (unpaired) electrons. The Morgan fingerprint density at radius 1 is 1.32 bits per heavy atom. The number of anilines is 2. The Bertz CT molecular complexity index is 721. The van der Waals surface area contributed by atoms with Crippen LogP contribution < -0.4 is 10.2 Å². The lowest BCUT2D eigenvalue weighted by molar-refractivity contribution is -0.120. The first-order valence-corrected chi connectivity index (χ1v) is 7.93. The number of amides is 2. The maximum Gasteiger partial charge on any atom is 0.245 e. The van der Waals surface area contributed by atoms with E-state index in [-0.39, 0.29) is 18.4 Å². The largest absolute Gasteiger partial charge is 0.309 e. The molecular formula is C15H12ClN3O2S. The van der Waals surface area contributed by atoms with E-state index in [0.717, 1.165) is 10.6 Å². The van der Waals surface area contributed by atoms with Crippen molar-refractivity contribution in [3.63, 3.8) is 0 Å². The van der Waals surface area contributed by atoms with Gasteiger partial charge in [-0.25, -0.2) is 4.98 Å². The van der Waals surface area contributed by atoms with Crippen LogP contribution in [0.2, 0.25) is 5.02 Å². The number of hydrogen-bond acceptors (Lipinski definition) is 4. The zero-order chi connectivity index (χ0) is 15.5. The van der Waals surface area contributed by atoms with Crippen LogP contribution in [-0.4, -0.2) is 29.1 Å². The third kappa shape index (κ3) is 3.23. The number of carbonyl (C=O) groups is 2. The number of thioether (sulfide) groups is 1. The smallest absolute Gasteiger partial charge is 0.245 e. The molecule has 0 spiro atoms. The molecule has 0 atom stereocenters. The minimum absolute atomic E-state index is 0.0410. The molecule has 112 valence electrons. The van der Waals surface area contributed by atoms with E-state index in [9.17, 15) is 9.59 Å². The molecule has 7 heteroatoms. The Kier molecular flexibility index (Phi) is 4.31. The number of nitrogens with one attached hydrogen (secondary N) is 1. The summed E-state index contributed by atoms with van der Waals surface area (Å²) in [6.45, 7) is -0.0410.